The van der Waals surface area contributed by atoms with Crippen LogP contribution in [0.5, 0.6) is 23.0 Å². The van der Waals surface area contributed by atoms with Crippen molar-refractivity contribution in [1.29, 1.82) is 0 Å². The molecule has 6 nitrogen and oxygen atoms in total. The van der Waals surface area contributed by atoms with Crippen LogP contribution in [0.4, 0.5) is 0 Å². The van der Waals surface area contributed by atoms with E-state index in [1.54, 1.807) is 6.07 Å². The Kier molecular flexibility index (Phi) is 12.0. The van der Waals surface area contributed by atoms with Crippen LogP contribution in [0, 0.1) is 0 Å². The zero-order valence-electron chi connectivity index (χ0n) is 24.0. The predicted octanol–water partition coefficient (Wildman–Crippen LogP) is 6.48. The minimum absolute atomic E-state index is 0.000166. The molecule has 0 aliphatic heterocycles. The van der Waals surface area contributed by atoms with Gasteiger partial charge in [-0.05, 0) is 99.6 Å². The van der Waals surface area contributed by atoms with E-state index in [1.807, 2.05) is 48.5 Å². The second-order valence-electron chi connectivity index (χ2n) is 10.8. The molecule has 40 heavy (non-hydrogen) atoms. The normalized spacial score (nSPS) is 14.7. The molecule has 0 heterocycles. The molecule has 0 spiro atoms. The van der Waals surface area contributed by atoms with Crippen LogP contribution in [0.15, 0.2) is 66.7 Å². The number of rotatable bonds is 17. The van der Waals surface area contributed by atoms with E-state index in [9.17, 15) is 10.2 Å². The summed E-state index contributed by atoms with van der Waals surface area (Å²) in [6.45, 7) is 7.58. The molecule has 3 aromatic rings. The molecule has 0 saturated heterocycles. The van der Waals surface area contributed by atoms with Gasteiger partial charge in [-0.3, -0.25) is 0 Å². The van der Waals surface area contributed by atoms with E-state index < -0.39 is 0 Å². The molecule has 0 fully saturated rings. The Morgan fingerprint density at radius 3 is 2.35 bits per heavy atom. The molecule has 0 bridgehead atoms. The van der Waals surface area contributed by atoms with Crippen molar-refractivity contribution in [3.8, 4) is 23.0 Å². The van der Waals surface area contributed by atoms with Crippen molar-refractivity contribution in [1.82, 2.24) is 10.2 Å². The number of fused-ring (bicyclic) bond motifs is 1. The first-order chi connectivity index (χ1) is 19.6. The molecule has 1 aliphatic rings. The van der Waals surface area contributed by atoms with Crippen molar-refractivity contribution >= 4 is 0 Å². The summed E-state index contributed by atoms with van der Waals surface area (Å²) in [5.74, 6) is 1.79. The van der Waals surface area contributed by atoms with Crippen molar-refractivity contribution in [3.05, 3.63) is 83.4 Å². The number of ether oxygens (including phenoxy) is 2. The minimum atomic E-state index is 0.000166. The summed E-state index contributed by atoms with van der Waals surface area (Å²) in [4.78, 5) is 2.64. The lowest BCUT2D eigenvalue weighted by molar-refractivity contribution is 0.175. The fourth-order valence-electron chi connectivity index (χ4n) is 5.54. The van der Waals surface area contributed by atoms with E-state index in [-0.39, 0.29) is 11.5 Å². The number of phenolic OH excluding ortho intramolecular Hbond substituents is 2. The third-order valence-electron chi connectivity index (χ3n) is 7.74. The Morgan fingerprint density at radius 2 is 1.57 bits per heavy atom. The Bertz CT molecular complexity index is 1140. The van der Waals surface area contributed by atoms with Gasteiger partial charge in [0.15, 0.2) is 11.5 Å². The van der Waals surface area contributed by atoms with Crippen molar-refractivity contribution in [2.45, 2.75) is 70.9 Å². The smallest absolute Gasteiger partial charge is 0.160 e. The molecule has 1 unspecified atom stereocenters. The summed E-state index contributed by atoms with van der Waals surface area (Å²) in [5.41, 5.74) is 3.28. The van der Waals surface area contributed by atoms with Crippen molar-refractivity contribution in [3.63, 3.8) is 0 Å². The van der Waals surface area contributed by atoms with E-state index in [1.165, 1.54) is 31.2 Å². The number of phenols is 2. The van der Waals surface area contributed by atoms with Gasteiger partial charge in [0.05, 0.1) is 0 Å². The maximum absolute atomic E-state index is 10.2. The number of hydrogen-bond acceptors (Lipinski definition) is 6. The molecule has 0 amide bonds. The van der Waals surface area contributed by atoms with Gasteiger partial charge in [0, 0.05) is 18.2 Å². The zero-order chi connectivity index (χ0) is 28.0. The highest BCUT2D eigenvalue weighted by Gasteiger charge is 2.26. The van der Waals surface area contributed by atoms with Crippen molar-refractivity contribution < 1.29 is 19.7 Å². The summed E-state index contributed by atoms with van der Waals surface area (Å²) >= 11 is 0. The molecular weight excluding hydrogens is 500 g/mol. The quantitative estimate of drug-likeness (QED) is 0.133. The fraction of sp³-hybridized carbons (Fsp3) is 0.471. The third-order valence-corrected chi connectivity index (χ3v) is 7.74. The monoisotopic (exact) mass is 546 g/mol. The van der Waals surface area contributed by atoms with Gasteiger partial charge >= 0.3 is 0 Å². The number of hydrogen-bond donors (Lipinski definition) is 3. The van der Waals surface area contributed by atoms with Gasteiger partial charge in [0.1, 0.15) is 24.7 Å². The second-order valence-corrected chi connectivity index (χ2v) is 10.8. The summed E-state index contributed by atoms with van der Waals surface area (Å²) in [6, 6.07) is 22.1. The molecule has 1 aliphatic carbocycles. The van der Waals surface area contributed by atoms with E-state index >= 15 is 0 Å². The van der Waals surface area contributed by atoms with Crippen LogP contribution in [0.2, 0.25) is 0 Å². The lowest BCUT2D eigenvalue weighted by Crippen LogP contribution is -2.40. The fourth-order valence-corrected chi connectivity index (χ4v) is 5.54. The van der Waals surface area contributed by atoms with Gasteiger partial charge in [-0.1, -0.05) is 56.2 Å². The first-order valence-electron chi connectivity index (χ1n) is 15.0. The number of unbranched alkanes of at least 4 members (excludes halogenated alkanes) is 3. The van der Waals surface area contributed by atoms with Gasteiger partial charge in [-0.15, -0.1) is 0 Å². The molecule has 0 saturated carbocycles. The molecule has 3 aromatic carbocycles. The molecular formula is C34H46N2O4. The third kappa shape index (κ3) is 9.17. The van der Waals surface area contributed by atoms with Crippen LogP contribution in [-0.4, -0.2) is 53.9 Å². The first-order valence-corrected chi connectivity index (χ1v) is 15.0. The summed E-state index contributed by atoms with van der Waals surface area (Å²) in [5, 5.41) is 23.5. The maximum Gasteiger partial charge on any atom is 0.160 e. The maximum atomic E-state index is 10.2. The highest BCUT2D eigenvalue weighted by Crippen LogP contribution is 2.36. The molecule has 0 aromatic heterocycles. The Hall–Kier alpha value is -3.22. The summed E-state index contributed by atoms with van der Waals surface area (Å²) < 4.78 is 11.7. The highest BCUT2D eigenvalue weighted by molar-refractivity contribution is 5.50. The zero-order valence-corrected chi connectivity index (χ0v) is 24.0. The van der Waals surface area contributed by atoms with Gasteiger partial charge < -0.3 is 29.9 Å². The minimum Gasteiger partial charge on any atom is -0.504 e. The average molecular weight is 547 g/mol. The van der Waals surface area contributed by atoms with E-state index in [4.69, 9.17) is 9.47 Å². The largest absolute Gasteiger partial charge is 0.504 e. The molecule has 6 heteroatoms. The highest BCUT2D eigenvalue weighted by atomic mass is 16.5. The molecule has 216 valence electrons. The lowest BCUT2D eigenvalue weighted by atomic mass is 9.86. The van der Waals surface area contributed by atoms with Crippen LogP contribution in [0.3, 0.4) is 0 Å². The second kappa shape index (κ2) is 16.1. The number of nitrogens with zero attached hydrogens (tertiary/aromatic N) is 1. The van der Waals surface area contributed by atoms with E-state index in [0.29, 0.717) is 19.3 Å². The molecule has 1 atom stereocenters. The number of aromatic hydroxyl groups is 2. The van der Waals surface area contributed by atoms with Gasteiger partial charge in [-0.2, -0.15) is 0 Å². The Balaban J connectivity index is 1.03. The number of benzene rings is 3. The molecule has 3 N–H and O–H groups in total. The van der Waals surface area contributed by atoms with Gasteiger partial charge in [-0.25, -0.2) is 0 Å². The van der Waals surface area contributed by atoms with Crippen molar-refractivity contribution in [2.75, 3.05) is 32.8 Å². The van der Waals surface area contributed by atoms with Crippen molar-refractivity contribution in [2.24, 2.45) is 0 Å². The SMILES string of the molecule is CCCN(CCCCCCNCCOc1ccc(OCc2ccccc2)cc1)C1CCc2c(ccc(O)c2O)C1. The topological polar surface area (TPSA) is 74.2 Å². The molecule has 0 radical (unpaired) electrons. The summed E-state index contributed by atoms with van der Waals surface area (Å²) in [6.07, 6.45) is 8.88. The van der Waals surface area contributed by atoms with E-state index in [0.717, 1.165) is 74.5 Å². The van der Waals surface area contributed by atoms with E-state index in [2.05, 4.69) is 29.3 Å². The van der Waals surface area contributed by atoms with Crippen LogP contribution in [-0.2, 0) is 19.4 Å². The summed E-state index contributed by atoms with van der Waals surface area (Å²) in [7, 11) is 0. The first kappa shape index (κ1) is 29.8. The Morgan fingerprint density at radius 1 is 0.825 bits per heavy atom. The Labute approximate surface area is 240 Å². The average Bonchev–Trinajstić information content (AvgIpc) is 2.99. The predicted molar refractivity (Wildman–Crippen MR) is 161 cm³/mol. The lowest BCUT2D eigenvalue weighted by Gasteiger charge is -2.35. The standard InChI is InChI=1S/C34H46N2O4/c1-2-22-36(29-13-18-32-28(25-29)12-19-33(37)34(32)38)23-9-4-3-8-20-35-21-24-39-30-14-16-31(17-15-30)40-26-27-10-6-5-7-11-27/h5-7,10-12,14-17,19,29,35,37-38H,2-4,8-9,13,18,20-26H2,1H3. The van der Waals surface area contributed by atoms with Gasteiger partial charge in [0.2, 0.25) is 0 Å². The number of nitrogens with one attached hydrogen (secondary N) is 1. The van der Waals surface area contributed by atoms with Crippen LogP contribution in [0.25, 0.3) is 0 Å². The van der Waals surface area contributed by atoms with Crippen LogP contribution >= 0.6 is 0 Å². The van der Waals surface area contributed by atoms with Crippen LogP contribution in [0.1, 0.15) is 62.1 Å². The van der Waals surface area contributed by atoms with Crippen LogP contribution < -0.4 is 14.8 Å². The molecule has 4 rings (SSSR count). The van der Waals surface area contributed by atoms with Gasteiger partial charge in [0.25, 0.3) is 0 Å².